The van der Waals surface area contributed by atoms with Gasteiger partial charge in [0.2, 0.25) is 0 Å². The molecule has 1 aromatic rings. The Balaban J connectivity index is 1.62. The number of alkyl halides is 3. The molecule has 0 aromatic carbocycles. The van der Waals surface area contributed by atoms with Crippen LogP contribution >= 0.6 is 11.5 Å². The summed E-state index contributed by atoms with van der Waals surface area (Å²) >= 11 is 1.36. The molecule has 9 heteroatoms. The largest absolute Gasteiger partial charge is 0.478 e. The fourth-order valence-electron chi connectivity index (χ4n) is 4.24. The molecule has 1 unspecified atom stereocenters. The van der Waals surface area contributed by atoms with E-state index in [9.17, 15) is 23.1 Å². The predicted octanol–water partition coefficient (Wildman–Crippen LogP) is 6.92. The highest BCUT2D eigenvalue weighted by molar-refractivity contribution is 7.05. The zero-order chi connectivity index (χ0) is 26.6. The van der Waals surface area contributed by atoms with Crippen molar-refractivity contribution in [1.82, 2.24) is 9.27 Å². The standard InChI is InChI=1S/C27H33F3N2O3S/c1-5-7-19(27(28,29)30)8-6-9-21-17-23(36-31-21)18-32-14-11-20-16-22(35-25(2,3)24(33)34)10-12-26(20,4)13-15-32/h5-10,16-17H,11-15,18H2,1-4H3,(H,33,34)/b7-5-,9-6+,19-8+. The van der Waals surface area contributed by atoms with E-state index in [1.807, 2.05) is 18.2 Å². The molecule has 1 aromatic heterocycles. The number of aliphatic carboxylic acids is 1. The quantitative estimate of drug-likeness (QED) is 0.376. The van der Waals surface area contributed by atoms with Crippen LogP contribution in [-0.2, 0) is 16.1 Å². The maximum Gasteiger partial charge on any atom is 0.416 e. The van der Waals surface area contributed by atoms with Crippen LogP contribution < -0.4 is 0 Å². The number of hydrogen-bond donors (Lipinski definition) is 1. The minimum Gasteiger partial charge on any atom is -0.478 e. The summed E-state index contributed by atoms with van der Waals surface area (Å²) in [6.07, 6.45) is 8.64. The lowest BCUT2D eigenvalue weighted by molar-refractivity contribution is -0.156. The SMILES string of the molecule is C\C=C/C(=C\C=C\c1cc(CN2CCC3=CC(OC(C)(C)C(=O)O)=CCC3(C)CC2)sn1)C(F)(F)F. The Labute approximate surface area is 214 Å². The molecule has 36 heavy (non-hydrogen) atoms. The first-order valence-corrected chi connectivity index (χ1v) is 12.7. The Bertz CT molecular complexity index is 1110. The molecular formula is C27H33F3N2O3S. The third-order valence-corrected chi connectivity index (χ3v) is 7.37. The summed E-state index contributed by atoms with van der Waals surface area (Å²) < 4.78 is 49.1. The van der Waals surface area contributed by atoms with E-state index in [1.165, 1.54) is 29.3 Å². The van der Waals surface area contributed by atoms with Gasteiger partial charge in [-0.15, -0.1) is 0 Å². The molecule has 1 fully saturated rings. The molecule has 0 radical (unpaired) electrons. The van der Waals surface area contributed by atoms with Gasteiger partial charge in [0.1, 0.15) is 5.76 Å². The van der Waals surface area contributed by atoms with Crippen molar-refractivity contribution in [3.63, 3.8) is 0 Å². The van der Waals surface area contributed by atoms with Crippen molar-refractivity contribution in [2.75, 3.05) is 13.1 Å². The van der Waals surface area contributed by atoms with Gasteiger partial charge in [0.15, 0.2) is 5.60 Å². The summed E-state index contributed by atoms with van der Waals surface area (Å²) in [6.45, 7) is 9.36. The number of halogens is 3. The van der Waals surface area contributed by atoms with Gasteiger partial charge in [0, 0.05) is 18.0 Å². The van der Waals surface area contributed by atoms with E-state index in [0.717, 1.165) is 55.9 Å². The molecule has 2 aliphatic rings. The summed E-state index contributed by atoms with van der Waals surface area (Å²) in [5, 5.41) is 9.36. The summed E-state index contributed by atoms with van der Waals surface area (Å²) in [5.41, 5.74) is -0.0854. The summed E-state index contributed by atoms with van der Waals surface area (Å²) in [4.78, 5) is 14.8. The number of likely N-dealkylation sites (tertiary alicyclic amines) is 1. The fourth-order valence-corrected chi connectivity index (χ4v) is 4.99. The third kappa shape index (κ3) is 7.20. The van der Waals surface area contributed by atoms with E-state index in [2.05, 4.69) is 16.2 Å². The highest BCUT2D eigenvalue weighted by Crippen LogP contribution is 2.43. The second-order valence-corrected chi connectivity index (χ2v) is 10.8. The van der Waals surface area contributed by atoms with Crippen LogP contribution in [0.1, 0.15) is 57.5 Å². The molecule has 0 amide bonds. The van der Waals surface area contributed by atoms with E-state index in [1.54, 1.807) is 26.8 Å². The number of carbonyl (C=O) groups is 1. The Morgan fingerprint density at radius 2 is 2.08 bits per heavy atom. The van der Waals surface area contributed by atoms with Gasteiger partial charge in [0.25, 0.3) is 0 Å². The maximum absolute atomic E-state index is 13.0. The first-order valence-electron chi connectivity index (χ1n) is 11.9. The van der Waals surface area contributed by atoms with Crippen LogP contribution in [0.2, 0.25) is 0 Å². The molecule has 5 nitrogen and oxygen atoms in total. The normalized spacial score (nSPS) is 22.4. The molecule has 0 spiro atoms. The second-order valence-electron chi connectivity index (χ2n) is 9.93. The van der Waals surface area contributed by atoms with E-state index in [4.69, 9.17) is 4.74 Å². The second kappa shape index (κ2) is 11.2. The number of carboxylic acid groups (broad SMARTS) is 1. The number of carboxylic acids is 1. The van der Waals surface area contributed by atoms with Crippen LogP contribution in [-0.4, -0.2) is 45.2 Å². The lowest BCUT2D eigenvalue weighted by Gasteiger charge is -2.34. The number of nitrogens with zero attached hydrogens (tertiary/aromatic N) is 2. The Morgan fingerprint density at radius 1 is 1.33 bits per heavy atom. The van der Waals surface area contributed by atoms with Gasteiger partial charge in [0.05, 0.1) is 11.3 Å². The third-order valence-electron chi connectivity index (χ3n) is 6.58. The van der Waals surface area contributed by atoms with E-state index < -0.39 is 23.3 Å². The molecule has 1 N–H and O–H groups in total. The number of fused-ring (bicyclic) bond motifs is 1. The summed E-state index contributed by atoms with van der Waals surface area (Å²) in [5.74, 6) is -0.394. The van der Waals surface area contributed by atoms with Gasteiger partial charge in [-0.25, -0.2) is 4.79 Å². The van der Waals surface area contributed by atoms with Gasteiger partial charge in [-0.2, -0.15) is 17.5 Å². The van der Waals surface area contributed by atoms with Crippen LogP contribution in [0.25, 0.3) is 6.08 Å². The molecule has 1 atom stereocenters. The first kappa shape index (κ1) is 27.9. The van der Waals surface area contributed by atoms with E-state index in [0.29, 0.717) is 11.5 Å². The molecule has 0 saturated carbocycles. The number of aromatic nitrogens is 1. The highest BCUT2D eigenvalue weighted by atomic mass is 32.1. The van der Waals surface area contributed by atoms with Crippen molar-refractivity contribution in [2.45, 2.75) is 65.3 Å². The van der Waals surface area contributed by atoms with Crippen molar-refractivity contribution in [3.05, 3.63) is 70.0 Å². The minimum atomic E-state index is -4.39. The number of hydrogen-bond acceptors (Lipinski definition) is 5. The number of ether oxygens (including phenoxy) is 1. The lowest BCUT2D eigenvalue weighted by Crippen LogP contribution is -2.35. The Hall–Kier alpha value is -2.65. The average Bonchev–Trinajstić information content (AvgIpc) is 3.16. The first-order chi connectivity index (χ1) is 16.8. The van der Waals surface area contributed by atoms with Crippen LogP contribution in [0.5, 0.6) is 0 Å². The van der Waals surface area contributed by atoms with Crippen LogP contribution in [0.3, 0.4) is 0 Å². The smallest absolute Gasteiger partial charge is 0.416 e. The van der Waals surface area contributed by atoms with Crippen molar-refractivity contribution in [1.29, 1.82) is 0 Å². The topological polar surface area (TPSA) is 62.7 Å². The minimum absolute atomic E-state index is 0.00599. The molecule has 1 aliphatic heterocycles. The van der Waals surface area contributed by atoms with Gasteiger partial charge in [-0.3, -0.25) is 4.90 Å². The molecule has 0 bridgehead atoms. The van der Waals surface area contributed by atoms with E-state index >= 15 is 0 Å². The average molecular weight is 523 g/mol. The van der Waals surface area contributed by atoms with Gasteiger partial charge in [-0.05, 0) is 93.9 Å². The molecule has 196 valence electrons. The molecule has 1 aliphatic carbocycles. The molecule has 1 saturated heterocycles. The van der Waals surface area contributed by atoms with Gasteiger partial charge < -0.3 is 9.84 Å². The van der Waals surface area contributed by atoms with Crippen molar-refractivity contribution < 1.29 is 27.8 Å². The van der Waals surface area contributed by atoms with Gasteiger partial charge in [-0.1, -0.05) is 30.7 Å². The predicted molar refractivity (Wildman–Crippen MR) is 136 cm³/mol. The van der Waals surface area contributed by atoms with Crippen LogP contribution in [0, 0.1) is 5.41 Å². The Morgan fingerprint density at radius 3 is 2.75 bits per heavy atom. The molecule has 2 heterocycles. The summed E-state index contributed by atoms with van der Waals surface area (Å²) in [7, 11) is 0. The number of rotatable bonds is 8. The number of allylic oxidation sites excluding steroid dienone is 7. The van der Waals surface area contributed by atoms with Crippen molar-refractivity contribution in [3.8, 4) is 0 Å². The molecule has 3 rings (SSSR count). The van der Waals surface area contributed by atoms with Gasteiger partial charge >= 0.3 is 12.1 Å². The lowest BCUT2D eigenvalue weighted by atomic mass is 9.73. The fraction of sp³-hybridized carbons (Fsp3) is 0.481. The van der Waals surface area contributed by atoms with Crippen molar-refractivity contribution in [2.24, 2.45) is 5.41 Å². The highest BCUT2D eigenvalue weighted by Gasteiger charge is 2.36. The van der Waals surface area contributed by atoms with E-state index in [-0.39, 0.29) is 5.41 Å². The Kier molecular flexibility index (Phi) is 8.67. The summed E-state index contributed by atoms with van der Waals surface area (Å²) in [6, 6.07) is 1.92. The van der Waals surface area contributed by atoms with Crippen molar-refractivity contribution >= 4 is 23.6 Å². The zero-order valence-electron chi connectivity index (χ0n) is 21.1. The monoisotopic (exact) mass is 522 g/mol. The molecular weight excluding hydrogens is 489 g/mol. The zero-order valence-corrected chi connectivity index (χ0v) is 21.9. The van der Waals surface area contributed by atoms with Crippen LogP contribution in [0.4, 0.5) is 13.2 Å². The maximum atomic E-state index is 13.0. The van der Waals surface area contributed by atoms with Crippen LogP contribution in [0.15, 0.2) is 59.4 Å².